The fourth-order valence-corrected chi connectivity index (χ4v) is 2.38. The molecule has 0 aromatic heterocycles. The number of ether oxygens (including phenoxy) is 1. The van der Waals surface area contributed by atoms with E-state index in [2.05, 4.69) is 6.07 Å². The van der Waals surface area contributed by atoms with Crippen molar-refractivity contribution in [3.63, 3.8) is 0 Å². The molecule has 0 saturated carbocycles. The second kappa shape index (κ2) is 4.63. The smallest absolute Gasteiger partial charge is 0.0869 e. The molecule has 1 aromatic rings. The third kappa shape index (κ3) is 2.32. The summed E-state index contributed by atoms with van der Waals surface area (Å²) in [5.41, 5.74) is 0.537. The van der Waals surface area contributed by atoms with Gasteiger partial charge in [-0.25, -0.2) is 0 Å². The summed E-state index contributed by atoms with van der Waals surface area (Å²) in [5, 5.41) is 10.5. The molecule has 1 atom stereocenters. The number of halogens is 2. The minimum Gasteiger partial charge on any atom is -0.380 e. The summed E-state index contributed by atoms with van der Waals surface area (Å²) in [5.74, 6) is 0. The molecule has 0 radical (unpaired) electrons. The summed E-state index contributed by atoms with van der Waals surface area (Å²) in [4.78, 5) is 0. The van der Waals surface area contributed by atoms with Gasteiger partial charge in [0.05, 0.1) is 18.1 Å². The van der Waals surface area contributed by atoms with E-state index in [1.807, 2.05) is 6.07 Å². The van der Waals surface area contributed by atoms with Crippen LogP contribution in [0, 0.1) is 16.7 Å². The van der Waals surface area contributed by atoms with Crippen LogP contribution in [-0.4, -0.2) is 13.2 Å². The van der Waals surface area contributed by atoms with Gasteiger partial charge in [-0.2, -0.15) is 5.26 Å². The van der Waals surface area contributed by atoms with E-state index in [-0.39, 0.29) is 0 Å². The molecule has 1 aromatic carbocycles. The van der Waals surface area contributed by atoms with Crippen LogP contribution in [0.1, 0.15) is 12.0 Å². The van der Waals surface area contributed by atoms with Crippen LogP contribution in [0.4, 0.5) is 0 Å². The van der Waals surface area contributed by atoms with Gasteiger partial charge in [0.1, 0.15) is 0 Å². The highest BCUT2D eigenvalue weighted by Crippen LogP contribution is 2.34. The number of nitrogens with zero attached hydrogens (tertiary/aromatic N) is 1. The van der Waals surface area contributed by atoms with Crippen molar-refractivity contribution in [3.8, 4) is 6.07 Å². The minimum atomic E-state index is -0.419. The van der Waals surface area contributed by atoms with Crippen LogP contribution in [0.2, 0.25) is 10.0 Å². The highest BCUT2D eigenvalue weighted by atomic mass is 35.5. The molecule has 2 rings (SSSR count). The molecule has 1 aliphatic heterocycles. The third-order valence-corrected chi connectivity index (χ3v) is 3.47. The van der Waals surface area contributed by atoms with Crippen molar-refractivity contribution in [2.75, 3.05) is 13.2 Å². The monoisotopic (exact) mass is 255 g/mol. The first-order valence-corrected chi connectivity index (χ1v) is 5.84. The lowest BCUT2D eigenvalue weighted by atomic mass is 9.82. The second-order valence-electron chi connectivity index (χ2n) is 4.11. The van der Waals surface area contributed by atoms with E-state index < -0.39 is 5.41 Å². The average molecular weight is 256 g/mol. The topological polar surface area (TPSA) is 33.0 Å². The molecule has 2 nitrogen and oxygen atoms in total. The van der Waals surface area contributed by atoms with Crippen molar-refractivity contribution in [2.24, 2.45) is 5.41 Å². The summed E-state index contributed by atoms with van der Waals surface area (Å²) in [6.07, 6.45) is 1.39. The molecule has 1 saturated heterocycles. The van der Waals surface area contributed by atoms with Crippen LogP contribution in [0.3, 0.4) is 0 Å². The molecule has 84 valence electrons. The van der Waals surface area contributed by atoms with Crippen molar-refractivity contribution in [1.29, 1.82) is 5.26 Å². The SMILES string of the molecule is N#CC1(Cc2ccc(Cl)cc2Cl)CCOC1. The molecule has 1 heterocycles. The Kier molecular flexibility index (Phi) is 3.39. The Morgan fingerprint density at radius 1 is 1.44 bits per heavy atom. The third-order valence-electron chi connectivity index (χ3n) is 2.88. The van der Waals surface area contributed by atoms with Gasteiger partial charge in [-0.05, 0) is 30.5 Å². The number of nitriles is 1. The van der Waals surface area contributed by atoms with Crippen molar-refractivity contribution in [3.05, 3.63) is 33.8 Å². The Hall–Kier alpha value is -0.750. The highest BCUT2D eigenvalue weighted by molar-refractivity contribution is 6.35. The minimum absolute atomic E-state index is 0.419. The van der Waals surface area contributed by atoms with Crippen LogP contribution < -0.4 is 0 Å². The largest absolute Gasteiger partial charge is 0.380 e. The normalized spacial score (nSPS) is 24.3. The molecule has 0 N–H and O–H groups in total. The fraction of sp³-hybridized carbons (Fsp3) is 0.417. The van der Waals surface area contributed by atoms with Crippen LogP contribution >= 0.6 is 23.2 Å². The van der Waals surface area contributed by atoms with Gasteiger partial charge in [0.2, 0.25) is 0 Å². The Morgan fingerprint density at radius 2 is 2.25 bits per heavy atom. The molecule has 0 amide bonds. The lowest BCUT2D eigenvalue weighted by Crippen LogP contribution is -2.21. The predicted molar refractivity (Wildman–Crippen MR) is 63.6 cm³/mol. The first-order chi connectivity index (χ1) is 7.65. The first kappa shape index (κ1) is 11.7. The molecular weight excluding hydrogens is 245 g/mol. The second-order valence-corrected chi connectivity index (χ2v) is 4.95. The van der Waals surface area contributed by atoms with Crippen LogP contribution in [0.5, 0.6) is 0 Å². The van der Waals surface area contributed by atoms with Gasteiger partial charge < -0.3 is 4.74 Å². The lowest BCUT2D eigenvalue weighted by Gasteiger charge is -2.18. The molecule has 1 fully saturated rings. The van der Waals surface area contributed by atoms with Gasteiger partial charge in [-0.15, -0.1) is 0 Å². The maximum absolute atomic E-state index is 9.22. The van der Waals surface area contributed by atoms with E-state index in [1.165, 1.54) is 0 Å². The standard InChI is InChI=1S/C12H11Cl2NO/c13-10-2-1-9(11(14)5-10)6-12(7-15)3-4-16-8-12/h1-2,5H,3-4,6,8H2. The van der Waals surface area contributed by atoms with E-state index in [0.717, 1.165) is 12.0 Å². The van der Waals surface area contributed by atoms with E-state index in [1.54, 1.807) is 12.1 Å². The Labute approximate surface area is 105 Å². The van der Waals surface area contributed by atoms with Gasteiger partial charge in [-0.3, -0.25) is 0 Å². The zero-order chi connectivity index (χ0) is 11.6. The molecular formula is C12H11Cl2NO. The molecule has 0 aliphatic carbocycles. The predicted octanol–water partition coefficient (Wildman–Crippen LogP) is 3.47. The number of hydrogen-bond acceptors (Lipinski definition) is 2. The van der Waals surface area contributed by atoms with E-state index in [9.17, 15) is 5.26 Å². The molecule has 4 heteroatoms. The van der Waals surface area contributed by atoms with Crippen LogP contribution in [0.25, 0.3) is 0 Å². The fourth-order valence-electron chi connectivity index (χ4n) is 1.90. The van der Waals surface area contributed by atoms with E-state index in [0.29, 0.717) is 29.7 Å². The van der Waals surface area contributed by atoms with Crippen LogP contribution in [-0.2, 0) is 11.2 Å². The van der Waals surface area contributed by atoms with Gasteiger partial charge in [0.15, 0.2) is 0 Å². The number of benzene rings is 1. The Morgan fingerprint density at radius 3 is 2.81 bits per heavy atom. The molecule has 1 aliphatic rings. The zero-order valence-corrected chi connectivity index (χ0v) is 10.2. The zero-order valence-electron chi connectivity index (χ0n) is 8.67. The van der Waals surface area contributed by atoms with E-state index >= 15 is 0 Å². The summed E-state index contributed by atoms with van der Waals surface area (Å²) < 4.78 is 5.30. The average Bonchev–Trinajstić information content (AvgIpc) is 2.72. The Bertz CT molecular complexity index is 433. The van der Waals surface area contributed by atoms with Crippen molar-refractivity contribution in [2.45, 2.75) is 12.8 Å². The summed E-state index contributed by atoms with van der Waals surface area (Å²) >= 11 is 11.9. The van der Waals surface area contributed by atoms with Gasteiger partial charge >= 0.3 is 0 Å². The first-order valence-electron chi connectivity index (χ1n) is 5.08. The Balaban J connectivity index is 2.23. The number of rotatable bonds is 2. The van der Waals surface area contributed by atoms with E-state index in [4.69, 9.17) is 27.9 Å². The van der Waals surface area contributed by atoms with Gasteiger partial charge in [0, 0.05) is 16.7 Å². The molecule has 16 heavy (non-hydrogen) atoms. The molecule has 0 bridgehead atoms. The van der Waals surface area contributed by atoms with Gasteiger partial charge in [0.25, 0.3) is 0 Å². The maximum Gasteiger partial charge on any atom is 0.0869 e. The lowest BCUT2D eigenvalue weighted by molar-refractivity contribution is 0.171. The van der Waals surface area contributed by atoms with Crippen molar-refractivity contribution >= 4 is 23.2 Å². The summed E-state index contributed by atoms with van der Waals surface area (Å²) in [6, 6.07) is 7.73. The highest BCUT2D eigenvalue weighted by Gasteiger charge is 2.35. The maximum atomic E-state index is 9.22. The molecule has 1 unspecified atom stereocenters. The quantitative estimate of drug-likeness (QED) is 0.811. The van der Waals surface area contributed by atoms with Crippen LogP contribution in [0.15, 0.2) is 18.2 Å². The summed E-state index contributed by atoms with van der Waals surface area (Å²) in [6.45, 7) is 1.14. The van der Waals surface area contributed by atoms with Crippen molar-refractivity contribution < 1.29 is 4.74 Å². The van der Waals surface area contributed by atoms with Gasteiger partial charge in [-0.1, -0.05) is 29.3 Å². The van der Waals surface area contributed by atoms with Crippen molar-refractivity contribution in [1.82, 2.24) is 0 Å². The summed E-state index contributed by atoms with van der Waals surface area (Å²) in [7, 11) is 0. The number of hydrogen-bond donors (Lipinski definition) is 0. The molecule has 0 spiro atoms.